The Morgan fingerprint density at radius 1 is 1.47 bits per heavy atom. The number of likely N-dealkylation sites (tertiary alicyclic amines) is 1. The van der Waals surface area contributed by atoms with E-state index in [9.17, 15) is 8.42 Å². The molecular weight excluding hydrogens is 284 g/mol. The minimum atomic E-state index is -3.11. The van der Waals surface area contributed by atoms with Crippen molar-refractivity contribution in [1.82, 2.24) is 9.62 Å². The highest BCUT2D eigenvalue weighted by Gasteiger charge is 2.24. The molecular formula is C13H19ClN2O2S. The van der Waals surface area contributed by atoms with Gasteiger partial charge in [0.2, 0.25) is 10.0 Å². The van der Waals surface area contributed by atoms with E-state index in [1.54, 1.807) is 0 Å². The number of hydrogen-bond acceptors (Lipinski definition) is 3. The largest absolute Gasteiger partial charge is 0.297 e. The molecule has 1 atom stereocenters. The molecule has 0 bridgehead atoms. The van der Waals surface area contributed by atoms with Crippen molar-refractivity contribution < 1.29 is 8.42 Å². The Morgan fingerprint density at radius 2 is 2.21 bits per heavy atom. The lowest BCUT2D eigenvalue weighted by Crippen LogP contribution is -2.36. The van der Waals surface area contributed by atoms with Gasteiger partial charge in [0.15, 0.2) is 0 Å². The first kappa shape index (κ1) is 14.8. The van der Waals surface area contributed by atoms with Crippen LogP contribution in [0.5, 0.6) is 0 Å². The van der Waals surface area contributed by atoms with Crippen LogP contribution in [0.4, 0.5) is 0 Å². The highest BCUT2D eigenvalue weighted by Crippen LogP contribution is 2.19. The minimum Gasteiger partial charge on any atom is -0.297 e. The maximum Gasteiger partial charge on any atom is 0.208 e. The summed E-state index contributed by atoms with van der Waals surface area (Å²) < 4.78 is 25.0. The Morgan fingerprint density at radius 3 is 2.84 bits per heavy atom. The molecule has 0 aliphatic carbocycles. The van der Waals surface area contributed by atoms with Crippen molar-refractivity contribution in [2.75, 3.05) is 19.3 Å². The Balaban J connectivity index is 1.93. The SMILES string of the molecule is Cc1ccc(CN2CC[C@@H](NS(C)(=O)=O)C2)cc1Cl. The highest BCUT2D eigenvalue weighted by atomic mass is 35.5. The second-order valence-electron chi connectivity index (χ2n) is 5.19. The van der Waals surface area contributed by atoms with Gasteiger partial charge in [0.25, 0.3) is 0 Å². The van der Waals surface area contributed by atoms with Gasteiger partial charge < -0.3 is 0 Å². The van der Waals surface area contributed by atoms with Gasteiger partial charge in [0.1, 0.15) is 0 Å². The van der Waals surface area contributed by atoms with Crippen LogP contribution in [0, 0.1) is 6.92 Å². The molecule has 0 saturated carbocycles. The van der Waals surface area contributed by atoms with Crippen LogP contribution in [0.25, 0.3) is 0 Å². The number of aryl methyl sites for hydroxylation is 1. The van der Waals surface area contributed by atoms with Gasteiger partial charge in [0.05, 0.1) is 6.26 Å². The lowest BCUT2D eigenvalue weighted by atomic mass is 10.1. The lowest BCUT2D eigenvalue weighted by molar-refractivity contribution is 0.324. The van der Waals surface area contributed by atoms with Gasteiger partial charge in [-0.25, -0.2) is 13.1 Å². The molecule has 1 aliphatic rings. The summed E-state index contributed by atoms with van der Waals surface area (Å²) in [7, 11) is -3.11. The Labute approximate surface area is 119 Å². The molecule has 0 amide bonds. The van der Waals surface area contributed by atoms with E-state index in [1.807, 2.05) is 19.1 Å². The number of rotatable bonds is 4. The van der Waals surface area contributed by atoms with Crippen LogP contribution >= 0.6 is 11.6 Å². The predicted molar refractivity (Wildman–Crippen MR) is 77.9 cm³/mol. The summed E-state index contributed by atoms with van der Waals surface area (Å²) in [6.45, 7) is 4.44. The van der Waals surface area contributed by atoms with E-state index in [0.29, 0.717) is 0 Å². The van der Waals surface area contributed by atoms with Crippen molar-refractivity contribution in [3.63, 3.8) is 0 Å². The zero-order valence-corrected chi connectivity index (χ0v) is 12.8. The Bertz CT molecular complexity index is 560. The van der Waals surface area contributed by atoms with Gasteiger partial charge in [0, 0.05) is 30.7 Å². The second kappa shape index (κ2) is 5.79. The van der Waals surface area contributed by atoms with E-state index in [-0.39, 0.29) is 6.04 Å². The summed E-state index contributed by atoms with van der Waals surface area (Å²) in [5, 5.41) is 0.780. The average Bonchev–Trinajstić information content (AvgIpc) is 2.68. The molecule has 1 aromatic carbocycles. The molecule has 0 aromatic heterocycles. The summed E-state index contributed by atoms with van der Waals surface area (Å²) in [5.41, 5.74) is 2.24. The summed E-state index contributed by atoms with van der Waals surface area (Å²) in [6, 6.07) is 6.09. The minimum absolute atomic E-state index is 0.0240. The van der Waals surface area contributed by atoms with Gasteiger partial charge in [-0.3, -0.25) is 4.90 Å². The van der Waals surface area contributed by atoms with E-state index >= 15 is 0 Å². The smallest absolute Gasteiger partial charge is 0.208 e. The number of halogens is 1. The lowest BCUT2D eigenvalue weighted by Gasteiger charge is -2.16. The molecule has 19 heavy (non-hydrogen) atoms. The van der Waals surface area contributed by atoms with Crippen LogP contribution in [0.1, 0.15) is 17.5 Å². The van der Waals surface area contributed by atoms with E-state index in [4.69, 9.17) is 11.6 Å². The number of sulfonamides is 1. The van der Waals surface area contributed by atoms with E-state index in [2.05, 4.69) is 15.7 Å². The van der Waals surface area contributed by atoms with Gasteiger partial charge in [-0.15, -0.1) is 0 Å². The van der Waals surface area contributed by atoms with Crippen molar-refractivity contribution in [2.24, 2.45) is 0 Å². The fourth-order valence-corrected chi connectivity index (χ4v) is 3.37. The molecule has 6 heteroatoms. The van der Waals surface area contributed by atoms with Crippen molar-refractivity contribution in [1.29, 1.82) is 0 Å². The van der Waals surface area contributed by atoms with Crippen molar-refractivity contribution in [3.05, 3.63) is 34.3 Å². The van der Waals surface area contributed by atoms with Crippen molar-refractivity contribution in [3.8, 4) is 0 Å². The Kier molecular flexibility index (Phi) is 4.50. The molecule has 1 aromatic rings. The van der Waals surface area contributed by atoms with Crippen LogP contribution in [0.2, 0.25) is 5.02 Å². The molecule has 1 aliphatic heterocycles. The second-order valence-corrected chi connectivity index (χ2v) is 7.38. The predicted octanol–water partition coefficient (Wildman–Crippen LogP) is 1.77. The number of nitrogens with one attached hydrogen (secondary N) is 1. The first-order chi connectivity index (χ1) is 8.83. The zero-order valence-electron chi connectivity index (χ0n) is 11.2. The number of nitrogens with zero attached hydrogens (tertiary/aromatic N) is 1. The van der Waals surface area contributed by atoms with Crippen LogP contribution < -0.4 is 4.72 Å². The van der Waals surface area contributed by atoms with Crippen LogP contribution in [0.15, 0.2) is 18.2 Å². The number of benzene rings is 1. The highest BCUT2D eigenvalue weighted by molar-refractivity contribution is 7.88. The van der Waals surface area contributed by atoms with E-state index < -0.39 is 10.0 Å². The van der Waals surface area contributed by atoms with Gasteiger partial charge in [-0.05, 0) is 30.5 Å². The molecule has 0 radical (unpaired) electrons. The summed E-state index contributed by atoms with van der Waals surface area (Å²) in [6.07, 6.45) is 2.06. The van der Waals surface area contributed by atoms with Gasteiger partial charge >= 0.3 is 0 Å². The maximum atomic E-state index is 11.2. The van der Waals surface area contributed by atoms with Crippen molar-refractivity contribution >= 4 is 21.6 Å². The molecule has 106 valence electrons. The van der Waals surface area contributed by atoms with Gasteiger partial charge in [-0.2, -0.15) is 0 Å². The summed E-state index contributed by atoms with van der Waals surface area (Å²) in [4.78, 5) is 2.24. The standard InChI is InChI=1S/C13H19ClN2O2S/c1-10-3-4-11(7-13(10)14)8-16-6-5-12(9-16)15-19(2,17)18/h3-4,7,12,15H,5-6,8-9H2,1-2H3/t12-/m1/s1. The fourth-order valence-electron chi connectivity index (χ4n) is 2.37. The molecule has 0 spiro atoms. The molecule has 1 saturated heterocycles. The molecule has 0 unspecified atom stereocenters. The van der Waals surface area contributed by atoms with Crippen molar-refractivity contribution in [2.45, 2.75) is 25.9 Å². The van der Waals surface area contributed by atoms with Crippen LogP contribution in [0.3, 0.4) is 0 Å². The summed E-state index contributed by atoms with van der Waals surface area (Å²) in [5.74, 6) is 0. The molecule has 1 heterocycles. The Hall–Kier alpha value is -0.620. The maximum absolute atomic E-state index is 11.2. The molecule has 1 N–H and O–H groups in total. The first-order valence-corrected chi connectivity index (χ1v) is 8.55. The quantitative estimate of drug-likeness (QED) is 0.922. The third kappa shape index (κ3) is 4.45. The van der Waals surface area contributed by atoms with Crippen LogP contribution in [-0.4, -0.2) is 38.7 Å². The summed E-state index contributed by atoms with van der Waals surface area (Å²) >= 11 is 6.10. The van der Waals surface area contributed by atoms with Gasteiger partial charge in [-0.1, -0.05) is 23.7 Å². The van der Waals surface area contributed by atoms with E-state index in [0.717, 1.165) is 42.2 Å². The molecule has 4 nitrogen and oxygen atoms in total. The van der Waals surface area contributed by atoms with E-state index in [1.165, 1.54) is 6.26 Å². The topological polar surface area (TPSA) is 49.4 Å². The monoisotopic (exact) mass is 302 g/mol. The molecule has 2 rings (SSSR count). The third-order valence-electron chi connectivity index (χ3n) is 3.30. The average molecular weight is 303 g/mol. The fraction of sp³-hybridized carbons (Fsp3) is 0.538. The third-order valence-corrected chi connectivity index (χ3v) is 4.46. The zero-order chi connectivity index (χ0) is 14.0. The first-order valence-electron chi connectivity index (χ1n) is 6.28. The normalized spacial score (nSPS) is 20.9. The molecule has 1 fully saturated rings. The van der Waals surface area contributed by atoms with Crippen LogP contribution in [-0.2, 0) is 16.6 Å². The number of hydrogen-bond donors (Lipinski definition) is 1.